The number of morpholine rings is 1. The van der Waals surface area contributed by atoms with Gasteiger partial charge in [0.05, 0.1) is 25.5 Å². The third-order valence-corrected chi connectivity index (χ3v) is 4.84. The summed E-state index contributed by atoms with van der Waals surface area (Å²) in [6, 6.07) is 9.88. The molecule has 1 fully saturated rings. The first-order valence-corrected chi connectivity index (χ1v) is 9.72. The van der Waals surface area contributed by atoms with Gasteiger partial charge in [-0.15, -0.1) is 0 Å². The van der Waals surface area contributed by atoms with Crippen LogP contribution in [0, 0.1) is 0 Å². The SMILES string of the molecule is O=C(CCC(=O)N1CCC(c2ccccc2)=N1)NCCCN1CCOCC1. The van der Waals surface area contributed by atoms with Crippen molar-refractivity contribution < 1.29 is 14.3 Å². The van der Waals surface area contributed by atoms with Gasteiger partial charge in [-0.3, -0.25) is 14.5 Å². The molecule has 2 aliphatic rings. The van der Waals surface area contributed by atoms with Gasteiger partial charge in [-0.2, -0.15) is 5.10 Å². The minimum atomic E-state index is -0.0932. The summed E-state index contributed by atoms with van der Waals surface area (Å²) < 4.78 is 5.32. The second kappa shape index (κ2) is 10.2. The largest absolute Gasteiger partial charge is 0.379 e. The molecule has 1 aromatic carbocycles. The van der Waals surface area contributed by atoms with Crippen LogP contribution in [0.3, 0.4) is 0 Å². The van der Waals surface area contributed by atoms with Crippen LogP contribution < -0.4 is 5.32 Å². The maximum atomic E-state index is 12.3. The molecule has 0 radical (unpaired) electrons. The van der Waals surface area contributed by atoms with Crippen LogP contribution in [-0.2, 0) is 14.3 Å². The minimum absolute atomic E-state index is 0.0724. The van der Waals surface area contributed by atoms with Crippen molar-refractivity contribution >= 4 is 17.5 Å². The Balaban J connectivity index is 1.32. The van der Waals surface area contributed by atoms with Crippen LogP contribution in [0.25, 0.3) is 0 Å². The van der Waals surface area contributed by atoms with Crippen molar-refractivity contribution in [3.8, 4) is 0 Å². The normalized spacial score (nSPS) is 17.6. The van der Waals surface area contributed by atoms with Crippen molar-refractivity contribution in [2.45, 2.75) is 25.7 Å². The molecule has 27 heavy (non-hydrogen) atoms. The smallest absolute Gasteiger partial charge is 0.243 e. The number of amides is 2. The van der Waals surface area contributed by atoms with Gasteiger partial charge >= 0.3 is 0 Å². The van der Waals surface area contributed by atoms with E-state index in [1.807, 2.05) is 30.3 Å². The van der Waals surface area contributed by atoms with Crippen molar-refractivity contribution in [1.82, 2.24) is 15.2 Å². The number of ether oxygens (including phenoxy) is 1. The van der Waals surface area contributed by atoms with Gasteiger partial charge in [-0.1, -0.05) is 30.3 Å². The average Bonchev–Trinajstić information content (AvgIpc) is 3.21. The first kappa shape index (κ1) is 19.5. The van der Waals surface area contributed by atoms with E-state index in [9.17, 15) is 9.59 Å². The number of rotatable bonds is 8. The zero-order valence-corrected chi connectivity index (χ0v) is 15.7. The van der Waals surface area contributed by atoms with E-state index in [2.05, 4.69) is 15.3 Å². The Labute approximate surface area is 160 Å². The molecule has 7 nitrogen and oxygen atoms in total. The van der Waals surface area contributed by atoms with Crippen molar-refractivity contribution in [2.75, 3.05) is 45.9 Å². The molecule has 0 saturated carbocycles. The van der Waals surface area contributed by atoms with Gasteiger partial charge in [0.1, 0.15) is 0 Å². The summed E-state index contributed by atoms with van der Waals surface area (Å²) in [7, 11) is 0. The Hall–Kier alpha value is -2.25. The molecule has 7 heteroatoms. The third-order valence-electron chi connectivity index (χ3n) is 4.84. The first-order chi connectivity index (χ1) is 13.2. The monoisotopic (exact) mass is 372 g/mol. The highest BCUT2D eigenvalue weighted by molar-refractivity contribution is 6.02. The summed E-state index contributed by atoms with van der Waals surface area (Å²) in [5, 5.41) is 8.81. The number of nitrogens with one attached hydrogen (secondary N) is 1. The summed E-state index contributed by atoms with van der Waals surface area (Å²) in [5.74, 6) is -0.166. The molecule has 0 bridgehead atoms. The van der Waals surface area contributed by atoms with E-state index in [-0.39, 0.29) is 24.7 Å². The molecule has 1 saturated heterocycles. The fraction of sp³-hybridized carbons (Fsp3) is 0.550. The standard InChI is InChI=1S/C20H28N4O3/c25-19(21-10-4-11-23-13-15-27-16-14-23)7-8-20(26)24-12-9-18(22-24)17-5-2-1-3-6-17/h1-3,5-6H,4,7-16H2,(H,21,25). The van der Waals surface area contributed by atoms with Gasteiger partial charge in [0.2, 0.25) is 11.8 Å². The highest BCUT2D eigenvalue weighted by Crippen LogP contribution is 2.14. The zero-order chi connectivity index (χ0) is 18.9. The quantitative estimate of drug-likeness (QED) is 0.697. The fourth-order valence-corrected chi connectivity index (χ4v) is 3.26. The molecule has 1 aromatic rings. The van der Waals surface area contributed by atoms with Crippen molar-refractivity contribution in [3.63, 3.8) is 0 Å². The lowest BCUT2D eigenvalue weighted by Crippen LogP contribution is -2.38. The van der Waals surface area contributed by atoms with Gasteiger partial charge in [-0.25, -0.2) is 5.01 Å². The second-order valence-electron chi connectivity index (χ2n) is 6.84. The summed E-state index contributed by atoms with van der Waals surface area (Å²) >= 11 is 0. The van der Waals surface area contributed by atoms with Crippen LogP contribution >= 0.6 is 0 Å². The maximum absolute atomic E-state index is 12.3. The zero-order valence-electron chi connectivity index (χ0n) is 15.7. The summed E-state index contributed by atoms with van der Waals surface area (Å²) in [6.07, 6.45) is 2.07. The molecule has 0 unspecified atom stereocenters. The Morgan fingerprint density at radius 1 is 1.07 bits per heavy atom. The molecular formula is C20H28N4O3. The second-order valence-corrected chi connectivity index (χ2v) is 6.84. The molecular weight excluding hydrogens is 344 g/mol. The van der Waals surface area contributed by atoms with Crippen LogP contribution in [0.2, 0.25) is 0 Å². The molecule has 3 rings (SSSR count). The van der Waals surface area contributed by atoms with Gasteiger partial charge in [0.25, 0.3) is 0 Å². The van der Waals surface area contributed by atoms with E-state index >= 15 is 0 Å². The molecule has 2 heterocycles. The maximum Gasteiger partial charge on any atom is 0.243 e. The topological polar surface area (TPSA) is 74.2 Å². The molecule has 0 aliphatic carbocycles. The summed E-state index contributed by atoms with van der Waals surface area (Å²) in [5.41, 5.74) is 1.97. The van der Waals surface area contributed by atoms with Crippen LogP contribution in [-0.4, -0.2) is 73.4 Å². The predicted octanol–water partition coefficient (Wildman–Crippen LogP) is 1.24. The highest BCUT2D eigenvalue weighted by atomic mass is 16.5. The van der Waals surface area contributed by atoms with E-state index in [0.29, 0.717) is 13.1 Å². The van der Waals surface area contributed by atoms with Crippen LogP contribution in [0.4, 0.5) is 0 Å². The number of carbonyl (C=O) groups excluding carboxylic acids is 2. The number of hydrazone groups is 1. The number of carbonyl (C=O) groups is 2. The number of hydrogen-bond donors (Lipinski definition) is 1. The van der Waals surface area contributed by atoms with Gasteiger partial charge in [0.15, 0.2) is 0 Å². The Morgan fingerprint density at radius 2 is 1.85 bits per heavy atom. The number of benzene rings is 1. The van der Waals surface area contributed by atoms with Gasteiger partial charge in [0, 0.05) is 38.9 Å². The minimum Gasteiger partial charge on any atom is -0.379 e. The van der Waals surface area contributed by atoms with E-state index in [4.69, 9.17) is 4.74 Å². The van der Waals surface area contributed by atoms with E-state index in [1.165, 1.54) is 5.01 Å². The van der Waals surface area contributed by atoms with Crippen LogP contribution in [0.5, 0.6) is 0 Å². The summed E-state index contributed by atoms with van der Waals surface area (Å²) in [4.78, 5) is 26.6. The highest BCUT2D eigenvalue weighted by Gasteiger charge is 2.21. The van der Waals surface area contributed by atoms with E-state index in [1.54, 1.807) is 0 Å². The molecule has 0 aromatic heterocycles. The van der Waals surface area contributed by atoms with Crippen molar-refractivity contribution in [2.24, 2.45) is 5.10 Å². The van der Waals surface area contributed by atoms with E-state index in [0.717, 1.165) is 57.0 Å². The Morgan fingerprint density at radius 3 is 2.63 bits per heavy atom. The van der Waals surface area contributed by atoms with Crippen molar-refractivity contribution in [1.29, 1.82) is 0 Å². The summed E-state index contributed by atoms with van der Waals surface area (Å²) in [6.45, 7) is 5.70. The third kappa shape index (κ3) is 6.15. The molecule has 0 spiro atoms. The lowest BCUT2D eigenvalue weighted by molar-refractivity contribution is -0.133. The first-order valence-electron chi connectivity index (χ1n) is 9.72. The molecule has 146 valence electrons. The molecule has 2 amide bonds. The van der Waals surface area contributed by atoms with E-state index < -0.39 is 0 Å². The predicted molar refractivity (Wildman–Crippen MR) is 103 cm³/mol. The molecule has 1 N–H and O–H groups in total. The Kier molecular flexibility index (Phi) is 7.36. The van der Waals surface area contributed by atoms with Crippen molar-refractivity contribution in [3.05, 3.63) is 35.9 Å². The Bertz CT molecular complexity index is 656. The molecule has 0 atom stereocenters. The lowest BCUT2D eigenvalue weighted by atomic mass is 10.1. The lowest BCUT2D eigenvalue weighted by Gasteiger charge is -2.26. The number of nitrogens with zero attached hydrogens (tertiary/aromatic N) is 3. The number of hydrogen-bond acceptors (Lipinski definition) is 5. The van der Waals surface area contributed by atoms with Gasteiger partial charge < -0.3 is 10.1 Å². The molecule has 2 aliphatic heterocycles. The van der Waals surface area contributed by atoms with Crippen LogP contribution in [0.1, 0.15) is 31.2 Å². The fourth-order valence-electron chi connectivity index (χ4n) is 3.26. The van der Waals surface area contributed by atoms with Crippen LogP contribution in [0.15, 0.2) is 35.4 Å². The average molecular weight is 372 g/mol. The van der Waals surface area contributed by atoms with Gasteiger partial charge in [-0.05, 0) is 18.5 Å².